The molecule has 2 aliphatic rings. The number of carbonyl (C=O) groups excluding carboxylic acids is 1. The fraction of sp³-hybridized carbons (Fsp3) is 0.296. The molecule has 0 spiro atoms. The van der Waals surface area contributed by atoms with Crippen LogP contribution in [0.25, 0.3) is 22.3 Å². The zero-order chi connectivity index (χ0) is 28.1. The standard InChI is InChI=1S/C27H26N6O5S2/c1-39(35,36)21-9-19(11-28-14-21)27(34)30-13-20-10-24-17(12-29-20)5-6-23(31-24)22-3-2-4-26(32-22)33-15-18-7-8-40(37,38)25(18)16-33/h2-6,9-12,14,18,25H,7-8,13,15-16H2,1H3,(H,30,34)/t18-,25+/m1/s1. The third kappa shape index (κ3) is 5.13. The molecule has 0 unspecified atom stereocenters. The van der Waals surface area contributed by atoms with E-state index in [1.165, 1.54) is 18.5 Å². The summed E-state index contributed by atoms with van der Waals surface area (Å²) >= 11 is 0. The fourth-order valence-electron chi connectivity index (χ4n) is 5.24. The molecule has 40 heavy (non-hydrogen) atoms. The number of anilines is 1. The predicted molar refractivity (Wildman–Crippen MR) is 149 cm³/mol. The van der Waals surface area contributed by atoms with Gasteiger partial charge in [0.15, 0.2) is 19.7 Å². The molecule has 4 aromatic heterocycles. The average molecular weight is 579 g/mol. The first kappa shape index (κ1) is 26.3. The summed E-state index contributed by atoms with van der Waals surface area (Å²) in [5, 5.41) is 3.24. The van der Waals surface area contributed by atoms with Gasteiger partial charge in [0.2, 0.25) is 0 Å². The van der Waals surface area contributed by atoms with E-state index in [2.05, 4.69) is 15.3 Å². The van der Waals surface area contributed by atoms with E-state index >= 15 is 0 Å². The smallest absolute Gasteiger partial charge is 0.253 e. The summed E-state index contributed by atoms with van der Waals surface area (Å²) in [6.07, 6.45) is 5.94. The van der Waals surface area contributed by atoms with Crippen LogP contribution in [0.5, 0.6) is 0 Å². The number of aromatic nitrogens is 4. The van der Waals surface area contributed by atoms with Crippen LogP contribution in [-0.4, -0.2) is 73.0 Å². The maximum Gasteiger partial charge on any atom is 0.253 e. The van der Waals surface area contributed by atoms with Crippen molar-refractivity contribution in [2.45, 2.75) is 23.1 Å². The highest BCUT2D eigenvalue weighted by Crippen LogP contribution is 2.35. The number of rotatable bonds is 6. The van der Waals surface area contributed by atoms with Crippen LogP contribution in [0.2, 0.25) is 0 Å². The van der Waals surface area contributed by atoms with Gasteiger partial charge in [0.05, 0.1) is 50.6 Å². The first-order chi connectivity index (χ1) is 19.1. The second-order valence-electron chi connectivity index (χ2n) is 10.2. The number of pyridine rings is 4. The third-order valence-corrected chi connectivity index (χ3v) is 10.7. The minimum Gasteiger partial charge on any atom is -0.355 e. The molecule has 1 amide bonds. The van der Waals surface area contributed by atoms with Gasteiger partial charge >= 0.3 is 0 Å². The first-order valence-corrected chi connectivity index (χ1v) is 16.3. The number of hydrogen-bond acceptors (Lipinski definition) is 10. The lowest BCUT2D eigenvalue weighted by molar-refractivity contribution is 0.0950. The lowest BCUT2D eigenvalue weighted by Crippen LogP contribution is -2.27. The minimum atomic E-state index is -3.49. The molecule has 0 aromatic carbocycles. The number of amides is 1. The summed E-state index contributed by atoms with van der Waals surface area (Å²) in [4.78, 5) is 32.4. The van der Waals surface area contributed by atoms with Crippen LogP contribution < -0.4 is 10.2 Å². The van der Waals surface area contributed by atoms with Gasteiger partial charge < -0.3 is 10.2 Å². The van der Waals surface area contributed by atoms with Gasteiger partial charge in [-0.25, -0.2) is 26.8 Å². The van der Waals surface area contributed by atoms with Crippen molar-refractivity contribution in [3.63, 3.8) is 0 Å². The van der Waals surface area contributed by atoms with Gasteiger partial charge in [-0.2, -0.15) is 0 Å². The van der Waals surface area contributed by atoms with Crippen molar-refractivity contribution < 1.29 is 21.6 Å². The van der Waals surface area contributed by atoms with Crippen molar-refractivity contribution in [3.8, 4) is 11.4 Å². The van der Waals surface area contributed by atoms with Gasteiger partial charge in [-0.3, -0.25) is 14.8 Å². The summed E-state index contributed by atoms with van der Waals surface area (Å²) in [5.74, 6) is 0.692. The minimum absolute atomic E-state index is 0.0315. The van der Waals surface area contributed by atoms with E-state index in [4.69, 9.17) is 9.97 Å². The Hall–Kier alpha value is -3.97. The van der Waals surface area contributed by atoms with Crippen molar-refractivity contribution in [1.82, 2.24) is 25.3 Å². The Morgan fingerprint density at radius 1 is 1.05 bits per heavy atom. The number of nitrogens with one attached hydrogen (secondary N) is 1. The second kappa shape index (κ2) is 9.89. The van der Waals surface area contributed by atoms with Gasteiger partial charge in [-0.15, -0.1) is 0 Å². The molecule has 11 nitrogen and oxygen atoms in total. The Kier molecular flexibility index (Phi) is 6.50. The van der Waals surface area contributed by atoms with Gasteiger partial charge in [0, 0.05) is 43.3 Å². The Morgan fingerprint density at radius 3 is 2.67 bits per heavy atom. The molecule has 0 aliphatic carbocycles. The normalized spacial score (nSPS) is 20.0. The molecule has 0 saturated carbocycles. The van der Waals surface area contributed by atoms with Crippen molar-refractivity contribution in [2.24, 2.45) is 5.92 Å². The maximum atomic E-state index is 12.6. The lowest BCUT2D eigenvalue weighted by atomic mass is 10.1. The molecule has 1 N–H and O–H groups in total. The number of carbonyl (C=O) groups is 1. The molecule has 0 radical (unpaired) electrons. The number of fused-ring (bicyclic) bond motifs is 2. The van der Waals surface area contributed by atoms with Crippen LogP contribution in [0.3, 0.4) is 0 Å². The SMILES string of the molecule is CS(=O)(=O)c1cncc(C(=O)NCc2cc3nc(-c4cccc(N5C[C@H]6CCS(=O)(=O)[C@H]6C5)n4)ccc3cn2)c1. The van der Waals surface area contributed by atoms with Crippen LogP contribution in [0.1, 0.15) is 22.5 Å². The molecule has 0 bridgehead atoms. The third-order valence-electron chi connectivity index (χ3n) is 7.40. The molecule has 6 heterocycles. The predicted octanol–water partition coefficient (Wildman–Crippen LogP) is 2.04. The molecular formula is C27H26N6O5S2. The van der Waals surface area contributed by atoms with Crippen LogP contribution in [0, 0.1) is 5.92 Å². The summed E-state index contributed by atoms with van der Waals surface area (Å²) in [6, 6.07) is 12.5. The van der Waals surface area contributed by atoms with Crippen LogP contribution in [-0.2, 0) is 26.2 Å². The fourth-order valence-corrected chi connectivity index (χ4v) is 7.98. The van der Waals surface area contributed by atoms with Crippen LogP contribution >= 0.6 is 0 Å². The molecule has 13 heteroatoms. The highest BCUT2D eigenvalue weighted by Gasteiger charge is 2.46. The zero-order valence-corrected chi connectivity index (χ0v) is 23.2. The molecule has 4 aromatic rings. The van der Waals surface area contributed by atoms with E-state index in [1.54, 1.807) is 12.3 Å². The van der Waals surface area contributed by atoms with Crippen molar-refractivity contribution in [3.05, 3.63) is 72.3 Å². The van der Waals surface area contributed by atoms with Crippen molar-refractivity contribution in [2.75, 3.05) is 30.0 Å². The monoisotopic (exact) mass is 578 g/mol. The van der Waals surface area contributed by atoms with E-state index in [0.717, 1.165) is 17.5 Å². The number of hydrogen-bond donors (Lipinski definition) is 1. The summed E-state index contributed by atoms with van der Waals surface area (Å²) in [6.45, 7) is 1.25. The van der Waals surface area contributed by atoms with Crippen LogP contribution in [0.15, 0.2) is 66.0 Å². The Balaban J connectivity index is 1.19. The average Bonchev–Trinajstić information content (AvgIpc) is 3.51. The van der Waals surface area contributed by atoms with Gasteiger partial charge in [0.25, 0.3) is 5.91 Å². The van der Waals surface area contributed by atoms with E-state index < -0.39 is 25.6 Å². The quantitative estimate of drug-likeness (QED) is 0.360. The van der Waals surface area contributed by atoms with Gasteiger partial charge in [-0.1, -0.05) is 6.07 Å². The number of nitrogens with zero attached hydrogens (tertiary/aromatic N) is 5. The molecule has 2 fully saturated rings. The van der Waals surface area contributed by atoms with Gasteiger partial charge in [-0.05, 0) is 48.7 Å². The van der Waals surface area contributed by atoms with Crippen LogP contribution in [0.4, 0.5) is 5.82 Å². The first-order valence-electron chi connectivity index (χ1n) is 12.7. The Bertz CT molecular complexity index is 1860. The zero-order valence-electron chi connectivity index (χ0n) is 21.6. The van der Waals surface area contributed by atoms with E-state index in [0.29, 0.717) is 42.1 Å². The topological polar surface area (TPSA) is 152 Å². The van der Waals surface area contributed by atoms with Gasteiger partial charge in [0.1, 0.15) is 5.82 Å². The summed E-state index contributed by atoms with van der Waals surface area (Å²) < 4.78 is 48.3. The largest absolute Gasteiger partial charge is 0.355 e. The lowest BCUT2D eigenvalue weighted by Gasteiger charge is -2.19. The highest BCUT2D eigenvalue weighted by molar-refractivity contribution is 7.92. The van der Waals surface area contributed by atoms with E-state index in [9.17, 15) is 21.6 Å². The van der Waals surface area contributed by atoms with E-state index in [-0.39, 0.29) is 33.9 Å². The van der Waals surface area contributed by atoms with E-state index in [1.807, 2.05) is 35.2 Å². The maximum absolute atomic E-state index is 12.6. The number of sulfone groups is 2. The molecule has 2 atom stereocenters. The van der Waals surface area contributed by atoms with Crippen molar-refractivity contribution in [1.29, 1.82) is 0 Å². The molecule has 6 rings (SSSR count). The summed E-state index contributed by atoms with van der Waals surface area (Å²) in [7, 11) is -6.52. The van der Waals surface area contributed by atoms with Crippen molar-refractivity contribution >= 4 is 42.3 Å². The second-order valence-corrected chi connectivity index (χ2v) is 14.5. The molecule has 206 valence electrons. The Morgan fingerprint density at radius 2 is 1.88 bits per heavy atom. The Labute approximate surface area is 231 Å². The molecule has 2 aliphatic heterocycles. The molecular weight excluding hydrogens is 552 g/mol. The molecule has 2 saturated heterocycles. The summed E-state index contributed by atoms with van der Waals surface area (Å²) in [5.41, 5.74) is 2.71. The highest BCUT2D eigenvalue weighted by atomic mass is 32.2.